The summed E-state index contributed by atoms with van der Waals surface area (Å²) in [6.07, 6.45) is 2.89. The summed E-state index contributed by atoms with van der Waals surface area (Å²) in [5.41, 5.74) is 4.14. The summed E-state index contributed by atoms with van der Waals surface area (Å²) in [5, 5.41) is 2.72. The maximum atomic E-state index is 3.91. The molecule has 0 radical (unpaired) electrons. The molecule has 0 amide bonds. The van der Waals surface area contributed by atoms with Gasteiger partial charge in [-0.2, -0.15) is 0 Å². The lowest BCUT2D eigenvalue weighted by atomic mass is 9.84. The number of nitrogens with zero attached hydrogens (tertiary/aromatic N) is 1. The third kappa shape index (κ3) is 5.54. The second kappa shape index (κ2) is 9.51. The van der Waals surface area contributed by atoms with Crippen molar-refractivity contribution in [3.63, 3.8) is 0 Å². The smallest absolute Gasteiger partial charge is 0.0472 e. The number of rotatable bonds is 7. The maximum Gasteiger partial charge on any atom is 0.0472 e. The zero-order chi connectivity index (χ0) is 20.0. The zero-order valence-electron chi connectivity index (χ0n) is 16.9. The lowest BCUT2D eigenvalue weighted by Gasteiger charge is -2.32. The highest BCUT2D eigenvalue weighted by atomic mass is 31.1. The Balaban J connectivity index is 2.04. The molecule has 3 rings (SSSR count). The van der Waals surface area contributed by atoms with Gasteiger partial charge in [0.1, 0.15) is 0 Å². The summed E-state index contributed by atoms with van der Waals surface area (Å²) in [5.74, 6) is 0. The van der Waals surface area contributed by atoms with Crippen molar-refractivity contribution >= 4 is 33.8 Å². The fourth-order valence-electron chi connectivity index (χ4n) is 3.10. The quantitative estimate of drug-likeness (QED) is 0.327. The van der Waals surface area contributed by atoms with Crippen LogP contribution in [0.25, 0.3) is 0 Å². The number of allylic oxidation sites excluding steroid dienone is 1. The minimum Gasteiger partial charge on any atom is -0.326 e. The van der Waals surface area contributed by atoms with E-state index in [-0.39, 0.29) is 5.41 Å². The molecule has 0 N–H and O–H groups in total. The van der Waals surface area contributed by atoms with E-state index in [0.717, 1.165) is 6.42 Å². The van der Waals surface area contributed by atoms with Gasteiger partial charge in [0, 0.05) is 23.2 Å². The summed E-state index contributed by atoms with van der Waals surface area (Å²) in [4.78, 5) is 0. The third-order valence-electron chi connectivity index (χ3n) is 4.52. The summed E-state index contributed by atoms with van der Waals surface area (Å²) >= 11 is 0. The van der Waals surface area contributed by atoms with E-state index in [1.807, 2.05) is 6.08 Å². The predicted molar refractivity (Wildman–Crippen MR) is 130 cm³/mol. The van der Waals surface area contributed by atoms with Gasteiger partial charge in [-0.05, 0) is 39.6 Å². The Hall–Kier alpha value is -1.94. The molecule has 144 valence electrons. The Bertz CT molecular complexity index is 857. The first-order valence-electron chi connectivity index (χ1n) is 9.65. The average molecular weight is 405 g/mol. The van der Waals surface area contributed by atoms with Gasteiger partial charge in [-0.15, -0.1) is 6.58 Å². The lowest BCUT2D eigenvalue weighted by Crippen LogP contribution is -2.19. The van der Waals surface area contributed by atoms with Crippen LogP contribution in [-0.4, -0.2) is 0 Å². The van der Waals surface area contributed by atoms with Crippen molar-refractivity contribution in [3.05, 3.63) is 103 Å². The van der Waals surface area contributed by atoms with Gasteiger partial charge in [0.25, 0.3) is 0 Å². The minimum absolute atomic E-state index is 0.0765. The van der Waals surface area contributed by atoms with Crippen LogP contribution in [-0.2, 0) is 11.8 Å². The molecule has 2 unspecified atom stereocenters. The van der Waals surface area contributed by atoms with Crippen LogP contribution in [0.5, 0.6) is 0 Å². The molecule has 3 aromatic rings. The van der Waals surface area contributed by atoms with Gasteiger partial charge in [-0.3, -0.25) is 0 Å². The van der Waals surface area contributed by atoms with E-state index >= 15 is 0 Å². The molecule has 0 saturated heterocycles. The molecular formula is C25H29NP2. The number of benzene rings is 3. The number of anilines is 1. The van der Waals surface area contributed by atoms with Crippen molar-refractivity contribution < 1.29 is 0 Å². The van der Waals surface area contributed by atoms with Crippen LogP contribution in [0.2, 0.25) is 0 Å². The largest absolute Gasteiger partial charge is 0.326 e. The van der Waals surface area contributed by atoms with E-state index in [1.165, 1.54) is 27.4 Å². The molecule has 28 heavy (non-hydrogen) atoms. The first-order chi connectivity index (χ1) is 13.5. The zero-order valence-corrected chi connectivity index (χ0v) is 18.9. The fourth-order valence-corrected chi connectivity index (χ4v) is 5.93. The van der Waals surface area contributed by atoms with Crippen LogP contribution in [0.4, 0.5) is 5.69 Å². The van der Waals surface area contributed by atoms with Crippen molar-refractivity contribution in [1.29, 1.82) is 0 Å². The van der Waals surface area contributed by atoms with Crippen LogP contribution in [0.3, 0.4) is 0 Å². The Morgan fingerprint density at radius 1 is 0.821 bits per heavy atom. The van der Waals surface area contributed by atoms with E-state index in [0.29, 0.717) is 17.5 Å². The first kappa shape index (κ1) is 20.8. The van der Waals surface area contributed by atoms with Gasteiger partial charge in [0.05, 0.1) is 0 Å². The third-order valence-corrected chi connectivity index (χ3v) is 7.30. The molecular weight excluding hydrogens is 376 g/mol. The molecule has 3 heteroatoms. The SMILES string of the molecule is C=CCc1ccc(N(Pc2ccccc2)Pc2ccccc2)c(C(C)(C)C)c1. The normalized spacial score (nSPS) is 12.1. The van der Waals surface area contributed by atoms with Gasteiger partial charge in [0.2, 0.25) is 0 Å². The summed E-state index contributed by atoms with van der Waals surface area (Å²) in [7, 11) is 1.19. The van der Waals surface area contributed by atoms with E-state index in [4.69, 9.17) is 0 Å². The van der Waals surface area contributed by atoms with E-state index < -0.39 is 0 Å². The van der Waals surface area contributed by atoms with Gasteiger partial charge in [0.15, 0.2) is 0 Å². The highest BCUT2D eigenvalue weighted by molar-refractivity contribution is 7.67. The Labute approximate surface area is 173 Å². The second-order valence-electron chi connectivity index (χ2n) is 7.89. The Morgan fingerprint density at radius 2 is 1.36 bits per heavy atom. The van der Waals surface area contributed by atoms with Crippen LogP contribution in [0, 0.1) is 0 Å². The van der Waals surface area contributed by atoms with Crippen molar-refractivity contribution in [3.8, 4) is 0 Å². The molecule has 1 nitrogen and oxygen atoms in total. The average Bonchev–Trinajstić information content (AvgIpc) is 2.69. The molecule has 2 atom stereocenters. The summed E-state index contributed by atoms with van der Waals surface area (Å²) in [6, 6.07) is 28.5. The lowest BCUT2D eigenvalue weighted by molar-refractivity contribution is 0.591. The van der Waals surface area contributed by atoms with Crippen molar-refractivity contribution in [2.75, 3.05) is 4.44 Å². The van der Waals surface area contributed by atoms with Gasteiger partial charge >= 0.3 is 0 Å². The van der Waals surface area contributed by atoms with Crippen LogP contribution in [0.1, 0.15) is 31.9 Å². The van der Waals surface area contributed by atoms with Crippen LogP contribution < -0.4 is 15.1 Å². The fraction of sp³-hybridized carbons (Fsp3) is 0.200. The van der Waals surface area contributed by atoms with E-state index in [2.05, 4.69) is 111 Å². The van der Waals surface area contributed by atoms with Gasteiger partial charge in [-0.25, -0.2) is 0 Å². The standard InChI is InChI=1S/C25H29NP2/c1-5-12-20-17-18-24(23(19-20)25(2,3)4)26(27-21-13-8-6-9-14-21)28-22-15-10-7-11-16-22/h5-11,13-19,27-28H,1,12H2,2-4H3. The Morgan fingerprint density at radius 3 is 1.82 bits per heavy atom. The molecule has 0 aliphatic rings. The number of hydrogen-bond donors (Lipinski definition) is 0. The molecule has 0 aliphatic heterocycles. The van der Waals surface area contributed by atoms with Gasteiger partial charge in [-0.1, -0.05) is 99.6 Å². The first-order valence-corrected chi connectivity index (χ1v) is 11.5. The summed E-state index contributed by atoms with van der Waals surface area (Å²) < 4.78 is 2.56. The Kier molecular flexibility index (Phi) is 7.06. The van der Waals surface area contributed by atoms with Crippen molar-refractivity contribution in [1.82, 2.24) is 0 Å². The number of hydrogen-bond acceptors (Lipinski definition) is 1. The molecule has 0 fully saturated rings. The molecule has 0 bridgehead atoms. The van der Waals surface area contributed by atoms with E-state index in [1.54, 1.807) is 0 Å². The maximum absolute atomic E-state index is 3.91. The minimum atomic E-state index is 0.0765. The second-order valence-corrected chi connectivity index (χ2v) is 10.8. The van der Waals surface area contributed by atoms with Crippen molar-refractivity contribution in [2.45, 2.75) is 32.6 Å². The summed E-state index contributed by atoms with van der Waals surface area (Å²) in [6.45, 7) is 10.8. The molecule has 0 spiro atoms. The highest BCUT2D eigenvalue weighted by Crippen LogP contribution is 2.43. The molecule has 0 aliphatic carbocycles. The topological polar surface area (TPSA) is 3.24 Å². The molecule has 0 aromatic heterocycles. The van der Waals surface area contributed by atoms with Crippen LogP contribution in [0.15, 0.2) is 91.5 Å². The van der Waals surface area contributed by atoms with Gasteiger partial charge < -0.3 is 4.44 Å². The molecule has 3 aromatic carbocycles. The monoisotopic (exact) mass is 405 g/mol. The van der Waals surface area contributed by atoms with Crippen molar-refractivity contribution in [2.24, 2.45) is 0 Å². The van der Waals surface area contributed by atoms with E-state index in [9.17, 15) is 0 Å². The molecule has 0 heterocycles. The van der Waals surface area contributed by atoms with Crippen LogP contribution >= 0.6 is 17.5 Å². The highest BCUT2D eigenvalue weighted by Gasteiger charge is 2.22. The predicted octanol–water partition coefficient (Wildman–Crippen LogP) is 6.36. The molecule has 0 saturated carbocycles.